The van der Waals surface area contributed by atoms with E-state index in [0.717, 1.165) is 29.9 Å². The molecule has 0 unspecified atom stereocenters. The Hall–Kier alpha value is -2.88. The van der Waals surface area contributed by atoms with E-state index in [1.807, 2.05) is 65.6 Å². The summed E-state index contributed by atoms with van der Waals surface area (Å²) in [5, 5.41) is 0. The van der Waals surface area contributed by atoms with Crippen molar-refractivity contribution in [2.45, 2.75) is 6.92 Å². The second-order valence-corrected chi connectivity index (χ2v) is 6.16. The number of benzene rings is 2. The van der Waals surface area contributed by atoms with E-state index in [2.05, 4.69) is 4.90 Å². The maximum Gasteiger partial charge on any atom is 0.246 e. The minimum Gasteiger partial charge on any atom is -0.368 e. The van der Waals surface area contributed by atoms with Crippen LogP contribution in [0.3, 0.4) is 0 Å². The summed E-state index contributed by atoms with van der Waals surface area (Å²) in [4.78, 5) is 27.8. The van der Waals surface area contributed by atoms with Gasteiger partial charge in [-0.05, 0) is 42.8 Å². The highest BCUT2D eigenvalue weighted by atomic mass is 16.2. The first-order valence-electron chi connectivity index (χ1n) is 8.51. The minimum absolute atomic E-state index is 0.0513. The summed E-state index contributed by atoms with van der Waals surface area (Å²) in [7, 11) is 0. The van der Waals surface area contributed by atoms with E-state index < -0.39 is 0 Å². The van der Waals surface area contributed by atoms with Gasteiger partial charge in [0.05, 0.1) is 0 Å². The molecule has 4 nitrogen and oxygen atoms in total. The van der Waals surface area contributed by atoms with Crippen molar-refractivity contribution in [3.8, 4) is 0 Å². The lowest BCUT2D eigenvalue weighted by atomic mass is 10.1. The summed E-state index contributed by atoms with van der Waals surface area (Å²) in [6, 6.07) is 17.5. The van der Waals surface area contributed by atoms with Crippen LogP contribution in [0.5, 0.6) is 0 Å². The molecule has 4 heteroatoms. The van der Waals surface area contributed by atoms with E-state index >= 15 is 0 Å². The Labute approximate surface area is 148 Å². The van der Waals surface area contributed by atoms with Crippen LogP contribution in [-0.4, -0.2) is 42.8 Å². The number of Topliss-reactive ketones (excluding diaryl/α,β-unsaturated/α-hetero) is 1. The van der Waals surface area contributed by atoms with Crippen LogP contribution in [0.25, 0.3) is 6.08 Å². The Kier molecular flexibility index (Phi) is 5.29. The molecule has 1 aliphatic rings. The van der Waals surface area contributed by atoms with Crippen molar-refractivity contribution >= 4 is 23.5 Å². The number of anilines is 1. The van der Waals surface area contributed by atoms with Gasteiger partial charge >= 0.3 is 0 Å². The topological polar surface area (TPSA) is 40.6 Å². The highest BCUT2D eigenvalue weighted by Crippen LogP contribution is 2.18. The van der Waals surface area contributed by atoms with Gasteiger partial charge in [-0.25, -0.2) is 0 Å². The highest BCUT2D eigenvalue weighted by Gasteiger charge is 2.19. The fourth-order valence-corrected chi connectivity index (χ4v) is 2.93. The molecule has 0 N–H and O–H groups in total. The zero-order chi connectivity index (χ0) is 17.6. The molecule has 25 heavy (non-hydrogen) atoms. The van der Waals surface area contributed by atoms with Crippen LogP contribution in [-0.2, 0) is 4.79 Å². The third-order valence-electron chi connectivity index (χ3n) is 4.45. The van der Waals surface area contributed by atoms with Gasteiger partial charge in [0, 0.05) is 43.5 Å². The Balaban J connectivity index is 1.55. The van der Waals surface area contributed by atoms with E-state index in [1.54, 1.807) is 13.0 Å². The maximum atomic E-state index is 12.3. The SMILES string of the molecule is CC(=O)c1ccc(N2CCN(C(=O)C=Cc3ccccc3)CC2)cc1. The molecule has 1 amide bonds. The van der Waals surface area contributed by atoms with Crippen molar-refractivity contribution in [3.05, 3.63) is 71.8 Å². The Morgan fingerprint density at radius 2 is 1.52 bits per heavy atom. The van der Waals surface area contributed by atoms with Gasteiger partial charge in [-0.2, -0.15) is 0 Å². The number of nitrogens with zero attached hydrogens (tertiary/aromatic N) is 2. The Morgan fingerprint density at radius 1 is 0.880 bits per heavy atom. The zero-order valence-electron chi connectivity index (χ0n) is 14.4. The number of piperazine rings is 1. The number of rotatable bonds is 4. The first-order valence-corrected chi connectivity index (χ1v) is 8.51. The van der Waals surface area contributed by atoms with E-state index in [-0.39, 0.29) is 11.7 Å². The number of carbonyl (C=O) groups excluding carboxylic acids is 2. The molecule has 0 aromatic heterocycles. The molecule has 0 bridgehead atoms. The average Bonchev–Trinajstić information content (AvgIpc) is 2.67. The lowest BCUT2D eigenvalue weighted by Gasteiger charge is -2.35. The minimum atomic E-state index is 0.0513. The highest BCUT2D eigenvalue weighted by molar-refractivity contribution is 5.94. The van der Waals surface area contributed by atoms with Crippen molar-refractivity contribution in [2.75, 3.05) is 31.1 Å². The Morgan fingerprint density at radius 3 is 2.12 bits per heavy atom. The summed E-state index contributed by atoms with van der Waals surface area (Å²) >= 11 is 0. The predicted octanol–water partition coefficient (Wildman–Crippen LogP) is 3.25. The number of hydrogen-bond donors (Lipinski definition) is 0. The van der Waals surface area contributed by atoms with E-state index in [9.17, 15) is 9.59 Å². The standard InChI is InChI=1S/C21H22N2O2/c1-17(24)19-8-10-20(11-9-19)22-13-15-23(16-14-22)21(25)12-7-18-5-3-2-4-6-18/h2-12H,13-16H2,1H3. The molecule has 1 heterocycles. The predicted molar refractivity (Wildman–Crippen MR) is 101 cm³/mol. The monoisotopic (exact) mass is 334 g/mol. The quantitative estimate of drug-likeness (QED) is 0.636. The first kappa shape index (κ1) is 17.0. The number of ketones is 1. The molecule has 0 spiro atoms. The smallest absolute Gasteiger partial charge is 0.246 e. The van der Waals surface area contributed by atoms with Gasteiger partial charge in [0.2, 0.25) is 5.91 Å². The first-order chi connectivity index (χ1) is 12.1. The van der Waals surface area contributed by atoms with Crippen LogP contribution >= 0.6 is 0 Å². The van der Waals surface area contributed by atoms with Gasteiger partial charge in [0.25, 0.3) is 0 Å². The molecule has 0 atom stereocenters. The second kappa shape index (κ2) is 7.79. The molecule has 2 aromatic rings. The lowest BCUT2D eigenvalue weighted by molar-refractivity contribution is -0.126. The summed E-state index contributed by atoms with van der Waals surface area (Å²) in [6.45, 7) is 4.57. The van der Waals surface area contributed by atoms with Crippen molar-refractivity contribution in [2.24, 2.45) is 0 Å². The van der Waals surface area contributed by atoms with Crippen LogP contribution in [0.15, 0.2) is 60.7 Å². The molecule has 0 radical (unpaired) electrons. The van der Waals surface area contributed by atoms with Crippen LogP contribution in [0.1, 0.15) is 22.8 Å². The second-order valence-electron chi connectivity index (χ2n) is 6.16. The van der Waals surface area contributed by atoms with Crippen LogP contribution in [0, 0.1) is 0 Å². The van der Waals surface area contributed by atoms with Gasteiger partial charge < -0.3 is 9.80 Å². The average molecular weight is 334 g/mol. The molecular weight excluding hydrogens is 312 g/mol. The number of amides is 1. The molecule has 1 fully saturated rings. The van der Waals surface area contributed by atoms with Crippen LogP contribution in [0.4, 0.5) is 5.69 Å². The largest absolute Gasteiger partial charge is 0.368 e. The van der Waals surface area contributed by atoms with Crippen molar-refractivity contribution in [3.63, 3.8) is 0 Å². The molecule has 0 aliphatic carbocycles. The van der Waals surface area contributed by atoms with Crippen molar-refractivity contribution in [1.29, 1.82) is 0 Å². The summed E-state index contributed by atoms with van der Waals surface area (Å²) < 4.78 is 0. The number of hydrogen-bond acceptors (Lipinski definition) is 3. The van der Waals surface area contributed by atoms with Crippen molar-refractivity contribution < 1.29 is 9.59 Å². The molecule has 1 saturated heterocycles. The van der Waals surface area contributed by atoms with Crippen molar-refractivity contribution in [1.82, 2.24) is 4.90 Å². The van der Waals surface area contributed by atoms with Gasteiger partial charge in [0.1, 0.15) is 0 Å². The third kappa shape index (κ3) is 4.35. The van der Waals surface area contributed by atoms with Gasteiger partial charge in [-0.15, -0.1) is 0 Å². The van der Waals surface area contributed by atoms with Gasteiger partial charge in [0.15, 0.2) is 5.78 Å². The fourth-order valence-electron chi connectivity index (χ4n) is 2.93. The molecular formula is C21H22N2O2. The van der Waals surface area contributed by atoms with Crippen LogP contribution < -0.4 is 4.90 Å². The normalized spacial score (nSPS) is 14.8. The molecule has 3 rings (SSSR count). The third-order valence-corrected chi connectivity index (χ3v) is 4.45. The van der Waals surface area contributed by atoms with Gasteiger partial charge in [-0.1, -0.05) is 30.3 Å². The van der Waals surface area contributed by atoms with E-state index in [4.69, 9.17) is 0 Å². The summed E-state index contributed by atoms with van der Waals surface area (Å²) in [5.41, 5.74) is 2.85. The van der Waals surface area contributed by atoms with E-state index in [1.165, 1.54) is 0 Å². The summed E-state index contributed by atoms with van der Waals surface area (Å²) in [5.74, 6) is 0.127. The number of carbonyl (C=O) groups is 2. The molecule has 0 saturated carbocycles. The fraction of sp³-hybridized carbons (Fsp3) is 0.238. The molecule has 128 valence electrons. The Bertz CT molecular complexity index is 758. The van der Waals surface area contributed by atoms with E-state index in [0.29, 0.717) is 13.1 Å². The zero-order valence-corrected chi connectivity index (χ0v) is 14.4. The summed E-state index contributed by atoms with van der Waals surface area (Å²) in [6.07, 6.45) is 3.50. The lowest BCUT2D eigenvalue weighted by Crippen LogP contribution is -2.48. The maximum absolute atomic E-state index is 12.3. The molecule has 1 aliphatic heterocycles. The van der Waals surface area contributed by atoms with Gasteiger partial charge in [-0.3, -0.25) is 9.59 Å². The van der Waals surface area contributed by atoms with Crippen LogP contribution in [0.2, 0.25) is 0 Å². The molecule has 2 aromatic carbocycles.